The molecule has 0 saturated carbocycles. The number of aliphatic carboxylic acids is 1. The molecule has 2 unspecified atom stereocenters. The van der Waals surface area contributed by atoms with Crippen molar-refractivity contribution >= 4 is 5.97 Å². The lowest BCUT2D eigenvalue weighted by molar-refractivity contribution is -0.143. The van der Waals surface area contributed by atoms with E-state index < -0.39 is 5.97 Å². The molecule has 0 aliphatic carbocycles. The monoisotopic (exact) mass is 427 g/mol. The van der Waals surface area contributed by atoms with Crippen LogP contribution in [0.2, 0.25) is 0 Å². The van der Waals surface area contributed by atoms with E-state index in [0.29, 0.717) is 43.4 Å². The number of hydrogen-bond donors (Lipinski definition) is 1. The van der Waals surface area contributed by atoms with Crippen molar-refractivity contribution in [1.82, 2.24) is 4.90 Å². The summed E-state index contributed by atoms with van der Waals surface area (Å²) in [6, 6.07) is 11.8. The topological polar surface area (TPSA) is 77.5 Å². The van der Waals surface area contributed by atoms with Gasteiger partial charge in [0.2, 0.25) is 6.79 Å². The van der Waals surface area contributed by atoms with Crippen LogP contribution in [0.1, 0.15) is 43.9 Å². The number of carbonyl (C=O) groups is 1. The first-order valence-electron chi connectivity index (χ1n) is 10.9. The maximum Gasteiger partial charge on any atom is 0.307 e. The van der Waals surface area contributed by atoms with Gasteiger partial charge in [-0.05, 0) is 68.6 Å². The fourth-order valence-corrected chi connectivity index (χ4v) is 4.38. The van der Waals surface area contributed by atoms with Gasteiger partial charge in [0.25, 0.3) is 0 Å². The van der Waals surface area contributed by atoms with Crippen LogP contribution < -0.4 is 18.9 Å². The molecule has 0 bridgehead atoms. The molecule has 2 aliphatic rings. The average molecular weight is 427 g/mol. The molecule has 2 aromatic carbocycles. The minimum atomic E-state index is -0.740. The highest BCUT2D eigenvalue weighted by molar-refractivity contribution is 5.70. The van der Waals surface area contributed by atoms with E-state index in [-0.39, 0.29) is 18.8 Å². The summed E-state index contributed by atoms with van der Waals surface area (Å²) in [5, 5.41) is 9.62. The molecule has 2 atom stereocenters. The SMILES string of the molecule is CCOc1ccc(C(c2ccc3c(c2)OCO3)N2CCCC(C(=O)O)C2)cc1OCC. The van der Waals surface area contributed by atoms with Gasteiger partial charge >= 0.3 is 5.97 Å². The van der Waals surface area contributed by atoms with E-state index in [9.17, 15) is 9.90 Å². The minimum absolute atomic E-state index is 0.133. The van der Waals surface area contributed by atoms with Crippen LogP contribution in [0.3, 0.4) is 0 Å². The molecule has 2 aromatic rings. The van der Waals surface area contributed by atoms with E-state index in [4.69, 9.17) is 18.9 Å². The van der Waals surface area contributed by atoms with E-state index in [1.165, 1.54) is 0 Å². The Morgan fingerprint density at radius 2 is 1.77 bits per heavy atom. The van der Waals surface area contributed by atoms with Gasteiger partial charge in [-0.2, -0.15) is 0 Å². The summed E-state index contributed by atoms with van der Waals surface area (Å²) >= 11 is 0. The number of likely N-dealkylation sites (tertiary alicyclic amines) is 1. The van der Waals surface area contributed by atoms with Gasteiger partial charge in [0.1, 0.15) is 0 Å². The maximum absolute atomic E-state index is 11.7. The summed E-state index contributed by atoms with van der Waals surface area (Å²) in [5.74, 6) is 1.73. The van der Waals surface area contributed by atoms with Crippen molar-refractivity contribution in [2.24, 2.45) is 5.92 Å². The predicted octanol–water partition coefficient (Wildman–Crippen LogP) is 4.10. The van der Waals surface area contributed by atoms with Crippen molar-refractivity contribution in [3.05, 3.63) is 47.5 Å². The minimum Gasteiger partial charge on any atom is -0.490 e. The van der Waals surface area contributed by atoms with Crippen LogP contribution in [0.15, 0.2) is 36.4 Å². The fourth-order valence-electron chi connectivity index (χ4n) is 4.38. The smallest absolute Gasteiger partial charge is 0.307 e. The molecule has 0 aromatic heterocycles. The molecule has 0 spiro atoms. The van der Waals surface area contributed by atoms with Crippen LogP contribution in [-0.4, -0.2) is 49.1 Å². The maximum atomic E-state index is 11.7. The Labute approximate surface area is 182 Å². The third kappa shape index (κ3) is 4.56. The Bertz CT molecular complexity index is 930. The second kappa shape index (κ2) is 9.47. The normalized spacial score (nSPS) is 19.1. The highest BCUT2D eigenvalue weighted by Crippen LogP contribution is 2.41. The highest BCUT2D eigenvalue weighted by Gasteiger charge is 2.32. The number of carboxylic acids is 1. The summed E-state index contributed by atoms with van der Waals surface area (Å²) in [5.41, 5.74) is 2.05. The van der Waals surface area contributed by atoms with Crippen molar-refractivity contribution in [1.29, 1.82) is 0 Å². The van der Waals surface area contributed by atoms with E-state index in [1.807, 2.05) is 50.2 Å². The number of piperidine rings is 1. The number of nitrogens with zero attached hydrogens (tertiary/aromatic N) is 1. The van der Waals surface area contributed by atoms with Gasteiger partial charge in [0.05, 0.1) is 25.2 Å². The Morgan fingerprint density at radius 3 is 2.55 bits per heavy atom. The molecule has 7 heteroatoms. The van der Waals surface area contributed by atoms with Gasteiger partial charge < -0.3 is 24.1 Å². The molecule has 2 aliphatic heterocycles. The van der Waals surface area contributed by atoms with E-state index >= 15 is 0 Å². The molecule has 0 radical (unpaired) electrons. The summed E-state index contributed by atoms with van der Waals surface area (Å²) in [6.07, 6.45) is 1.54. The molecule has 31 heavy (non-hydrogen) atoms. The zero-order valence-corrected chi connectivity index (χ0v) is 18.0. The first-order chi connectivity index (χ1) is 15.1. The largest absolute Gasteiger partial charge is 0.490 e. The second-order valence-electron chi connectivity index (χ2n) is 7.76. The standard InChI is InChI=1S/C24H29NO6/c1-3-28-19-9-7-16(12-21(19)29-4-2)23(25-11-5-6-18(14-25)24(26)27)17-8-10-20-22(13-17)31-15-30-20/h7-10,12-13,18,23H,3-6,11,14-15H2,1-2H3,(H,26,27). The molecular formula is C24H29NO6. The van der Waals surface area contributed by atoms with Crippen LogP contribution in [0.5, 0.6) is 23.0 Å². The van der Waals surface area contributed by atoms with Gasteiger partial charge in [-0.25, -0.2) is 0 Å². The van der Waals surface area contributed by atoms with Crippen LogP contribution in [0, 0.1) is 5.92 Å². The number of benzene rings is 2. The molecule has 1 N–H and O–H groups in total. The van der Waals surface area contributed by atoms with Gasteiger partial charge in [-0.3, -0.25) is 9.69 Å². The lowest BCUT2D eigenvalue weighted by Crippen LogP contribution is -2.41. The Hall–Kier alpha value is -2.93. The Balaban J connectivity index is 1.75. The molecule has 4 rings (SSSR count). The molecule has 7 nitrogen and oxygen atoms in total. The molecule has 0 amide bonds. The second-order valence-corrected chi connectivity index (χ2v) is 7.76. The number of rotatable bonds is 8. The average Bonchev–Trinajstić information content (AvgIpc) is 3.24. The molecule has 2 heterocycles. The zero-order chi connectivity index (χ0) is 21.8. The van der Waals surface area contributed by atoms with Gasteiger partial charge in [0.15, 0.2) is 23.0 Å². The molecular weight excluding hydrogens is 398 g/mol. The zero-order valence-electron chi connectivity index (χ0n) is 18.0. The summed E-state index contributed by atoms with van der Waals surface area (Å²) < 4.78 is 22.7. The predicted molar refractivity (Wildman–Crippen MR) is 115 cm³/mol. The summed E-state index contributed by atoms with van der Waals surface area (Å²) in [6.45, 7) is 6.50. The van der Waals surface area contributed by atoms with Crippen LogP contribution in [0.25, 0.3) is 0 Å². The van der Waals surface area contributed by atoms with Crippen molar-refractivity contribution in [3.63, 3.8) is 0 Å². The first-order valence-corrected chi connectivity index (χ1v) is 10.9. The van der Waals surface area contributed by atoms with E-state index in [1.54, 1.807) is 0 Å². The number of ether oxygens (including phenoxy) is 4. The van der Waals surface area contributed by atoms with Crippen molar-refractivity contribution < 1.29 is 28.8 Å². The third-order valence-electron chi connectivity index (χ3n) is 5.76. The first kappa shape index (κ1) is 21.3. The lowest BCUT2D eigenvalue weighted by atomic mass is 9.91. The highest BCUT2D eigenvalue weighted by atomic mass is 16.7. The van der Waals surface area contributed by atoms with Gasteiger partial charge in [0, 0.05) is 6.54 Å². The number of hydrogen-bond acceptors (Lipinski definition) is 6. The Kier molecular flexibility index (Phi) is 6.51. The molecule has 166 valence electrons. The number of fused-ring (bicyclic) bond motifs is 1. The van der Waals surface area contributed by atoms with Crippen LogP contribution >= 0.6 is 0 Å². The van der Waals surface area contributed by atoms with Crippen molar-refractivity contribution in [3.8, 4) is 23.0 Å². The van der Waals surface area contributed by atoms with E-state index in [0.717, 1.165) is 29.8 Å². The van der Waals surface area contributed by atoms with E-state index in [2.05, 4.69) is 4.90 Å². The quantitative estimate of drug-likeness (QED) is 0.680. The molecule has 1 fully saturated rings. The van der Waals surface area contributed by atoms with Crippen LogP contribution in [-0.2, 0) is 4.79 Å². The third-order valence-corrected chi connectivity index (χ3v) is 5.76. The molecule has 1 saturated heterocycles. The fraction of sp³-hybridized carbons (Fsp3) is 0.458. The van der Waals surface area contributed by atoms with Gasteiger partial charge in [-0.1, -0.05) is 12.1 Å². The van der Waals surface area contributed by atoms with Crippen molar-refractivity contribution in [2.45, 2.75) is 32.7 Å². The lowest BCUT2D eigenvalue weighted by Gasteiger charge is -2.37. The Morgan fingerprint density at radius 1 is 1.06 bits per heavy atom. The summed E-state index contributed by atoms with van der Waals surface area (Å²) in [4.78, 5) is 13.9. The number of carboxylic acid groups (broad SMARTS) is 1. The van der Waals surface area contributed by atoms with Gasteiger partial charge in [-0.15, -0.1) is 0 Å². The summed E-state index contributed by atoms with van der Waals surface area (Å²) in [7, 11) is 0. The van der Waals surface area contributed by atoms with Crippen LogP contribution in [0.4, 0.5) is 0 Å². The van der Waals surface area contributed by atoms with Crippen molar-refractivity contribution in [2.75, 3.05) is 33.1 Å².